The number of aromatic hydroxyl groups is 2. The highest BCUT2D eigenvalue weighted by atomic mass is 16.5. The Morgan fingerprint density at radius 2 is 1.80 bits per heavy atom. The summed E-state index contributed by atoms with van der Waals surface area (Å²) in [6.07, 6.45) is 4.61. The fourth-order valence-electron chi connectivity index (χ4n) is 5.00. The average molecular weight is 408 g/mol. The first kappa shape index (κ1) is 20.5. The maximum atomic E-state index is 13.0. The number of phenols is 2. The molecule has 158 valence electrons. The smallest absolute Gasteiger partial charge is 0.189 e. The molecule has 2 aromatic carbocycles. The predicted molar refractivity (Wildman–Crippen MR) is 115 cm³/mol. The van der Waals surface area contributed by atoms with Crippen molar-refractivity contribution in [3.63, 3.8) is 0 Å². The third kappa shape index (κ3) is 3.37. The largest absolute Gasteiger partial charge is 0.508 e. The van der Waals surface area contributed by atoms with Crippen LogP contribution in [0.25, 0.3) is 6.08 Å². The summed E-state index contributed by atoms with van der Waals surface area (Å²) in [5.41, 5.74) is 0.963. The summed E-state index contributed by atoms with van der Waals surface area (Å²) in [7, 11) is 0. The number of fused-ring (bicyclic) bond motifs is 2. The number of ether oxygens (including phenoxy) is 1. The molecule has 0 saturated heterocycles. The van der Waals surface area contributed by atoms with E-state index in [4.69, 9.17) is 4.74 Å². The van der Waals surface area contributed by atoms with Crippen LogP contribution in [0, 0.1) is 11.3 Å². The van der Waals surface area contributed by atoms with Crippen LogP contribution in [0.15, 0.2) is 42.5 Å². The van der Waals surface area contributed by atoms with Gasteiger partial charge in [0.05, 0.1) is 11.7 Å². The molecule has 1 aliphatic carbocycles. The predicted octanol–water partition coefficient (Wildman–Crippen LogP) is 4.48. The fraction of sp³-hybridized carbons (Fsp3) is 0.400. The maximum absolute atomic E-state index is 13.0. The van der Waals surface area contributed by atoms with Gasteiger partial charge in [0.2, 0.25) is 0 Å². The zero-order valence-electron chi connectivity index (χ0n) is 17.6. The van der Waals surface area contributed by atoms with E-state index in [9.17, 15) is 20.1 Å². The van der Waals surface area contributed by atoms with E-state index in [1.54, 1.807) is 42.5 Å². The molecule has 0 amide bonds. The molecule has 2 aliphatic rings. The van der Waals surface area contributed by atoms with Gasteiger partial charge >= 0.3 is 0 Å². The van der Waals surface area contributed by atoms with E-state index in [-0.39, 0.29) is 28.6 Å². The number of hydrogen-bond acceptors (Lipinski definition) is 5. The number of carbonyl (C=O) groups is 1. The minimum atomic E-state index is -0.515. The third-order valence-electron chi connectivity index (χ3n) is 6.97. The van der Waals surface area contributed by atoms with Crippen LogP contribution >= 0.6 is 0 Å². The molecule has 0 aromatic heterocycles. The van der Waals surface area contributed by atoms with Crippen LogP contribution in [-0.4, -0.2) is 32.8 Å². The van der Waals surface area contributed by atoms with E-state index in [1.165, 1.54) is 6.08 Å². The Bertz CT molecular complexity index is 1000. The average Bonchev–Trinajstić information content (AvgIpc) is 2.70. The molecule has 0 radical (unpaired) electrons. The lowest BCUT2D eigenvalue weighted by molar-refractivity contribution is -0.138. The van der Waals surface area contributed by atoms with Gasteiger partial charge in [0.15, 0.2) is 5.78 Å². The number of ketones is 1. The number of aliphatic hydroxyl groups excluding tert-OH is 1. The van der Waals surface area contributed by atoms with Crippen molar-refractivity contribution in [2.24, 2.45) is 11.3 Å². The van der Waals surface area contributed by atoms with E-state index in [1.807, 2.05) is 20.8 Å². The van der Waals surface area contributed by atoms with Crippen LogP contribution in [0.3, 0.4) is 0 Å². The van der Waals surface area contributed by atoms with Crippen LogP contribution in [0.2, 0.25) is 0 Å². The second-order valence-corrected chi connectivity index (χ2v) is 9.28. The van der Waals surface area contributed by atoms with Crippen molar-refractivity contribution in [1.29, 1.82) is 0 Å². The number of carbonyl (C=O) groups excluding carboxylic acids is 1. The van der Waals surface area contributed by atoms with E-state index < -0.39 is 11.7 Å². The molecule has 3 atom stereocenters. The molecule has 5 nitrogen and oxygen atoms in total. The van der Waals surface area contributed by atoms with Crippen molar-refractivity contribution < 1.29 is 24.9 Å². The molecule has 2 aromatic rings. The van der Waals surface area contributed by atoms with E-state index in [0.29, 0.717) is 36.1 Å². The van der Waals surface area contributed by atoms with Crippen molar-refractivity contribution in [2.75, 3.05) is 0 Å². The van der Waals surface area contributed by atoms with Crippen molar-refractivity contribution in [2.45, 2.75) is 51.7 Å². The van der Waals surface area contributed by atoms with Crippen LogP contribution < -0.4 is 4.74 Å². The molecule has 30 heavy (non-hydrogen) atoms. The first-order chi connectivity index (χ1) is 14.1. The molecular weight excluding hydrogens is 380 g/mol. The molecule has 5 heteroatoms. The van der Waals surface area contributed by atoms with Gasteiger partial charge in [-0.25, -0.2) is 0 Å². The molecule has 4 rings (SSSR count). The van der Waals surface area contributed by atoms with Crippen molar-refractivity contribution >= 4 is 11.9 Å². The second kappa shape index (κ2) is 7.17. The summed E-state index contributed by atoms with van der Waals surface area (Å²) < 4.78 is 6.45. The van der Waals surface area contributed by atoms with E-state index >= 15 is 0 Å². The van der Waals surface area contributed by atoms with Gasteiger partial charge in [-0.05, 0) is 67.5 Å². The molecule has 1 aliphatic heterocycles. The van der Waals surface area contributed by atoms with Crippen molar-refractivity contribution in [3.05, 3.63) is 59.2 Å². The van der Waals surface area contributed by atoms with Crippen molar-refractivity contribution in [1.82, 2.24) is 0 Å². The SMILES string of the molecule is CC12CCC(O)C(C)(C)C1Cc1c(O)ccc(C(=O)/C=C/c3ccc(O)cc3)c1O2. The van der Waals surface area contributed by atoms with Gasteiger partial charge < -0.3 is 20.1 Å². The molecule has 1 fully saturated rings. The zero-order valence-corrected chi connectivity index (χ0v) is 17.6. The zero-order chi connectivity index (χ0) is 21.7. The normalized spacial score (nSPS) is 27.2. The lowest BCUT2D eigenvalue weighted by atomic mass is 9.57. The summed E-state index contributed by atoms with van der Waals surface area (Å²) in [5.74, 6) is 0.535. The Hall–Kier alpha value is -2.79. The van der Waals surface area contributed by atoms with Gasteiger partial charge in [-0.15, -0.1) is 0 Å². The second-order valence-electron chi connectivity index (χ2n) is 9.28. The molecule has 1 heterocycles. The van der Waals surface area contributed by atoms with Crippen LogP contribution in [0.1, 0.15) is 55.1 Å². The Morgan fingerprint density at radius 3 is 2.50 bits per heavy atom. The topological polar surface area (TPSA) is 87.0 Å². The quantitative estimate of drug-likeness (QED) is 0.515. The minimum absolute atomic E-state index is 0.0186. The lowest BCUT2D eigenvalue weighted by Gasteiger charge is -2.55. The fourth-order valence-corrected chi connectivity index (χ4v) is 5.00. The Kier molecular flexibility index (Phi) is 4.89. The summed E-state index contributed by atoms with van der Waals surface area (Å²) in [5, 5.41) is 30.5. The lowest BCUT2D eigenvalue weighted by Crippen LogP contribution is -2.58. The number of phenolic OH excluding ortho intramolecular Hbond substituents is 2. The highest BCUT2D eigenvalue weighted by molar-refractivity contribution is 6.09. The van der Waals surface area contributed by atoms with Crippen LogP contribution in [-0.2, 0) is 6.42 Å². The monoisotopic (exact) mass is 408 g/mol. The maximum Gasteiger partial charge on any atom is 0.189 e. The number of rotatable bonds is 3. The van der Waals surface area contributed by atoms with Crippen LogP contribution in [0.4, 0.5) is 0 Å². The molecule has 3 N–H and O–H groups in total. The minimum Gasteiger partial charge on any atom is -0.508 e. The number of benzene rings is 2. The molecule has 0 bridgehead atoms. The Morgan fingerprint density at radius 1 is 1.10 bits per heavy atom. The van der Waals surface area contributed by atoms with E-state index in [2.05, 4.69) is 0 Å². The van der Waals surface area contributed by atoms with Gasteiger partial charge in [0.25, 0.3) is 0 Å². The van der Waals surface area contributed by atoms with Crippen LogP contribution in [0.5, 0.6) is 17.2 Å². The summed E-state index contributed by atoms with van der Waals surface area (Å²) in [6.45, 7) is 6.12. The van der Waals surface area contributed by atoms with Gasteiger partial charge in [0.1, 0.15) is 22.8 Å². The molecule has 1 saturated carbocycles. The summed E-state index contributed by atoms with van der Waals surface area (Å²) >= 11 is 0. The highest BCUT2D eigenvalue weighted by Gasteiger charge is 2.55. The number of aliphatic hydroxyl groups is 1. The molecular formula is C25H28O5. The van der Waals surface area contributed by atoms with Gasteiger partial charge in [0, 0.05) is 11.5 Å². The van der Waals surface area contributed by atoms with Gasteiger partial charge in [-0.2, -0.15) is 0 Å². The Labute approximate surface area is 176 Å². The van der Waals surface area contributed by atoms with Crippen molar-refractivity contribution in [3.8, 4) is 17.2 Å². The van der Waals surface area contributed by atoms with E-state index in [0.717, 1.165) is 5.56 Å². The Balaban J connectivity index is 1.70. The standard InChI is InChI=1S/C25H28O5/c1-24(2)21-14-18-20(28)11-9-17(23(18)30-25(21,3)13-12-22(24)29)19(27)10-6-15-4-7-16(26)8-5-15/h4-11,21-22,26,28-29H,12-14H2,1-3H3/b10-6+. The number of allylic oxidation sites excluding steroid dienone is 1. The first-order valence-electron chi connectivity index (χ1n) is 10.4. The molecule has 3 unspecified atom stereocenters. The summed E-state index contributed by atoms with van der Waals surface area (Å²) in [4.78, 5) is 13.0. The van der Waals surface area contributed by atoms with Gasteiger partial charge in [-0.3, -0.25) is 4.79 Å². The third-order valence-corrected chi connectivity index (χ3v) is 6.97. The highest BCUT2D eigenvalue weighted by Crippen LogP contribution is 2.55. The molecule has 0 spiro atoms. The van der Waals surface area contributed by atoms with Gasteiger partial charge in [-0.1, -0.05) is 32.1 Å². The summed E-state index contributed by atoms with van der Waals surface area (Å²) in [6, 6.07) is 9.72. The number of hydrogen-bond donors (Lipinski definition) is 3. The first-order valence-corrected chi connectivity index (χ1v) is 10.4.